The van der Waals surface area contributed by atoms with E-state index in [9.17, 15) is 13.2 Å². The third kappa shape index (κ3) is 5.82. The molecule has 1 amide bonds. The van der Waals surface area contributed by atoms with Crippen molar-refractivity contribution >= 4 is 21.6 Å². The Bertz CT molecular complexity index is 880. The van der Waals surface area contributed by atoms with Crippen LogP contribution in [0.2, 0.25) is 0 Å². The van der Waals surface area contributed by atoms with E-state index in [0.29, 0.717) is 12.1 Å². The molecular weight excluding hydrogens is 360 g/mol. The van der Waals surface area contributed by atoms with Gasteiger partial charge in [0.15, 0.2) is 0 Å². The number of sulfonamides is 1. The van der Waals surface area contributed by atoms with E-state index in [0.717, 1.165) is 16.7 Å². The topological polar surface area (TPSA) is 66.5 Å². The van der Waals surface area contributed by atoms with Crippen molar-refractivity contribution in [2.45, 2.75) is 39.7 Å². The molecule has 0 aliphatic heterocycles. The molecule has 1 atom stereocenters. The Labute approximate surface area is 162 Å². The highest BCUT2D eigenvalue weighted by molar-refractivity contribution is 7.92. The van der Waals surface area contributed by atoms with Crippen LogP contribution in [0.1, 0.15) is 42.5 Å². The zero-order chi connectivity index (χ0) is 20.0. The molecule has 0 unspecified atom stereocenters. The first-order valence-corrected chi connectivity index (χ1v) is 10.9. The van der Waals surface area contributed by atoms with E-state index in [1.165, 1.54) is 10.6 Å². The SMILES string of the molecule is Cc1cccc(N(CCCC(=O)N[C@@H](C)c2ccccc2)S(C)(=O)=O)c1C. The monoisotopic (exact) mass is 388 g/mol. The zero-order valence-electron chi connectivity index (χ0n) is 16.4. The van der Waals surface area contributed by atoms with Gasteiger partial charge in [-0.15, -0.1) is 0 Å². The van der Waals surface area contributed by atoms with Crippen molar-refractivity contribution in [1.29, 1.82) is 0 Å². The van der Waals surface area contributed by atoms with Crippen LogP contribution < -0.4 is 9.62 Å². The lowest BCUT2D eigenvalue weighted by Gasteiger charge is -2.25. The minimum atomic E-state index is -3.42. The van der Waals surface area contributed by atoms with Crippen LogP contribution in [0.5, 0.6) is 0 Å². The fourth-order valence-corrected chi connectivity index (χ4v) is 4.01. The molecule has 0 spiro atoms. The summed E-state index contributed by atoms with van der Waals surface area (Å²) in [5.41, 5.74) is 3.69. The summed E-state index contributed by atoms with van der Waals surface area (Å²) in [7, 11) is -3.42. The molecule has 0 aromatic heterocycles. The van der Waals surface area contributed by atoms with Crippen molar-refractivity contribution < 1.29 is 13.2 Å². The van der Waals surface area contributed by atoms with Crippen LogP contribution >= 0.6 is 0 Å². The third-order valence-corrected chi connectivity index (χ3v) is 5.87. The summed E-state index contributed by atoms with van der Waals surface area (Å²) in [6, 6.07) is 15.3. The Morgan fingerprint density at radius 3 is 2.37 bits per heavy atom. The number of nitrogens with zero attached hydrogens (tertiary/aromatic N) is 1. The second kappa shape index (κ2) is 9.04. The first-order valence-electron chi connectivity index (χ1n) is 9.08. The molecule has 0 bridgehead atoms. The highest BCUT2D eigenvalue weighted by Crippen LogP contribution is 2.25. The van der Waals surface area contributed by atoms with Crippen LogP contribution in [0.4, 0.5) is 5.69 Å². The van der Waals surface area contributed by atoms with Crippen LogP contribution in [0.3, 0.4) is 0 Å². The first-order chi connectivity index (χ1) is 12.7. The van der Waals surface area contributed by atoms with E-state index in [2.05, 4.69) is 5.32 Å². The van der Waals surface area contributed by atoms with Gasteiger partial charge in [-0.05, 0) is 49.9 Å². The lowest BCUT2D eigenvalue weighted by molar-refractivity contribution is -0.121. The lowest BCUT2D eigenvalue weighted by Crippen LogP contribution is -2.33. The van der Waals surface area contributed by atoms with Crippen molar-refractivity contribution in [3.8, 4) is 0 Å². The number of benzene rings is 2. The van der Waals surface area contributed by atoms with Gasteiger partial charge >= 0.3 is 0 Å². The minimum absolute atomic E-state index is 0.0799. The van der Waals surface area contributed by atoms with Gasteiger partial charge in [0.2, 0.25) is 15.9 Å². The van der Waals surface area contributed by atoms with Gasteiger partial charge in [-0.2, -0.15) is 0 Å². The predicted molar refractivity (Wildman–Crippen MR) is 110 cm³/mol. The van der Waals surface area contributed by atoms with Gasteiger partial charge in [-0.1, -0.05) is 42.5 Å². The average Bonchev–Trinajstić information content (AvgIpc) is 2.61. The molecule has 0 saturated heterocycles. The van der Waals surface area contributed by atoms with E-state index >= 15 is 0 Å². The maximum Gasteiger partial charge on any atom is 0.232 e. The van der Waals surface area contributed by atoms with Crippen molar-refractivity contribution in [3.63, 3.8) is 0 Å². The fraction of sp³-hybridized carbons (Fsp3) is 0.381. The highest BCUT2D eigenvalue weighted by Gasteiger charge is 2.20. The van der Waals surface area contributed by atoms with Crippen LogP contribution in [-0.4, -0.2) is 27.1 Å². The second-order valence-corrected chi connectivity index (χ2v) is 8.76. The van der Waals surface area contributed by atoms with Crippen molar-refractivity contribution in [2.24, 2.45) is 0 Å². The Hall–Kier alpha value is -2.34. The highest BCUT2D eigenvalue weighted by atomic mass is 32.2. The molecular formula is C21H28N2O3S. The lowest BCUT2D eigenvalue weighted by atomic mass is 10.1. The summed E-state index contributed by atoms with van der Waals surface area (Å²) < 4.78 is 25.9. The molecule has 1 N–H and O–H groups in total. The maximum absolute atomic E-state index is 12.3. The zero-order valence-corrected chi connectivity index (χ0v) is 17.2. The maximum atomic E-state index is 12.3. The molecule has 0 fully saturated rings. The molecule has 2 aromatic carbocycles. The summed E-state index contributed by atoms with van der Waals surface area (Å²) in [6.07, 6.45) is 1.92. The number of hydrogen-bond acceptors (Lipinski definition) is 3. The molecule has 2 rings (SSSR count). The van der Waals surface area contributed by atoms with Crippen LogP contribution in [0, 0.1) is 13.8 Å². The molecule has 27 heavy (non-hydrogen) atoms. The average molecular weight is 389 g/mol. The summed E-state index contributed by atoms with van der Waals surface area (Å²) in [5.74, 6) is -0.0826. The Morgan fingerprint density at radius 2 is 1.74 bits per heavy atom. The van der Waals surface area contributed by atoms with Gasteiger partial charge in [0, 0.05) is 13.0 Å². The van der Waals surface area contributed by atoms with Gasteiger partial charge in [-0.25, -0.2) is 8.42 Å². The van der Waals surface area contributed by atoms with E-state index in [1.807, 2.05) is 63.2 Å². The quantitative estimate of drug-likeness (QED) is 0.749. The van der Waals surface area contributed by atoms with Crippen LogP contribution in [-0.2, 0) is 14.8 Å². The molecule has 146 valence electrons. The van der Waals surface area contributed by atoms with Crippen LogP contribution in [0.15, 0.2) is 48.5 Å². The largest absolute Gasteiger partial charge is 0.350 e. The number of amides is 1. The molecule has 0 radical (unpaired) electrons. The molecule has 0 aliphatic rings. The van der Waals surface area contributed by atoms with Gasteiger partial charge in [0.05, 0.1) is 18.0 Å². The summed E-state index contributed by atoms with van der Waals surface area (Å²) >= 11 is 0. The smallest absolute Gasteiger partial charge is 0.232 e. The summed E-state index contributed by atoms with van der Waals surface area (Å²) in [4.78, 5) is 12.2. The van der Waals surface area contributed by atoms with Crippen LogP contribution in [0.25, 0.3) is 0 Å². The Kier molecular flexibility index (Phi) is 7.02. The summed E-state index contributed by atoms with van der Waals surface area (Å²) in [6.45, 7) is 6.08. The van der Waals surface area contributed by atoms with Gasteiger partial charge in [0.25, 0.3) is 0 Å². The second-order valence-electron chi connectivity index (χ2n) is 6.86. The normalized spacial score (nSPS) is 12.4. The Balaban J connectivity index is 1.98. The van der Waals surface area contributed by atoms with Crippen molar-refractivity contribution in [1.82, 2.24) is 5.32 Å². The molecule has 0 heterocycles. The van der Waals surface area contributed by atoms with Crippen molar-refractivity contribution in [2.75, 3.05) is 17.1 Å². The molecule has 0 saturated carbocycles. The van der Waals surface area contributed by atoms with E-state index < -0.39 is 10.0 Å². The number of aryl methyl sites for hydroxylation is 1. The molecule has 6 heteroatoms. The number of nitrogens with one attached hydrogen (secondary N) is 1. The molecule has 2 aromatic rings. The standard InChI is InChI=1S/C21H28N2O3S/c1-16-10-8-13-20(17(16)2)23(27(4,25)26)15-9-14-21(24)22-18(3)19-11-6-5-7-12-19/h5-8,10-13,18H,9,14-15H2,1-4H3,(H,22,24)/t18-/m0/s1. The number of anilines is 1. The number of carbonyl (C=O) groups is 1. The first kappa shape index (κ1) is 21.0. The van der Waals surface area contributed by atoms with Gasteiger partial charge in [0.1, 0.15) is 0 Å². The minimum Gasteiger partial charge on any atom is -0.350 e. The number of rotatable bonds is 8. The molecule has 0 aliphatic carbocycles. The van der Waals surface area contributed by atoms with Crippen molar-refractivity contribution in [3.05, 3.63) is 65.2 Å². The van der Waals surface area contributed by atoms with E-state index in [-0.39, 0.29) is 24.9 Å². The number of carbonyl (C=O) groups excluding carboxylic acids is 1. The predicted octanol–water partition coefficient (Wildman–Crippen LogP) is 3.73. The summed E-state index contributed by atoms with van der Waals surface area (Å²) in [5, 5.41) is 2.96. The van der Waals surface area contributed by atoms with Gasteiger partial charge < -0.3 is 5.32 Å². The Morgan fingerprint density at radius 1 is 1.07 bits per heavy atom. The fourth-order valence-electron chi connectivity index (χ4n) is 2.99. The number of hydrogen-bond donors (Lipinski definition) is 1. The van der Waals surface area contributed by atoms with Gasteiger partial charge in [-0.3, -0.25) is 9.10 Å². The van der Waals surface area contributed by atoms with E-state index in [1.54, 1.807) is 6.07 Å². The third-order valence-electron chi connectivity index (χ3n) is 4.69. The van der Waals surface area contributed by atoms with E-state index in [4.69, 9.17) is 0 Å². The molecule has 5 nitrogen and oxygen atoms in total.